The number of halogens is 3. The number of carbonyl (C=O) groups is 1. The van der Waals surface area contributed by atoms with Crippen LogP contribution in [0.3, 0.4) is 0 Å². The van der Waals surface area contributed by atoms with E-state index in [2.05, 4.69) is 25.7 Å². The second-order valence-electron chi connectivity index (χ2n) is 8.86. The van der Waals surface area contributed by atoms with Crippen LogP contribution in [0.5, 0.6) is 0 Å². The number of benzene rings is 2. The van der Waals surface area contributed by atoms with Crippen molar-refractivity contribution >= 4 is 5.97 Å². The van der Waals surface area contributed by atoms with Gasteiger partial charge < -0.3 is 9.30 Å². The molecule has 0 radical (unpaired) electrons. The molecule has 3 rings (SSSR count). The number of carbonyl (C=O) groups excluding carboxylic acids is 1. The van der Waals surface area contributed by atoms with Crippen LogP contribution in [0.2, 0.25) is 0 Å². The molecule has 7 heteroatoms. The molecule has 182 valence electrons. The number of ether oxygens (including phenoxy) is 1. The molecule has 0 aliphatic heterocycles. The lowest BCUT2D eigenvalue weighted by atomic mass is 10.0. The minimum Gasteiger partial charge on any atom is -0.465 e. The number of rotatable bonds is 9. The highest BCUT2D eigenvalue weighted by molar-refractivity contribution is 5.90. The van der Waals surface area contributed by atoms with Gasteiger partial charge in [0.15, 0.2) is 0 Å². The highest BCUT2D eigenvalue weighted by Gasteiger charge is 2.30. The molecule has 1 heterocycles. The average molecular weight is 473 g/mol. The first kappa shape index (κ1) is 25.6. The number of hydrogen-bond acceptors (Lipinski definition) is 3. The smallest absolute Gasteiger partial charge is 0.416 e. The van der Waals surface area contributed by atoms with Crippen LogP contribution in [0.15, 0.2) is 66.9 Å². The molecular weight excluding hydrogens is 441 g/mol. The molecular formula is C27H31F3N2O2. The van der Waals surface area contributed by atoms with Crippen LogP contribution in [0, 0.1) is 5.92 Å². The van der Waals surface area contributed by atoms with Gasteiger partial charge in [0.2, 0.25) is 0 Å². The van der Waals surface area contributed by atoms with Gasteiger partial charge in [-0.2, -0.15) is 13.2 Å². The molecule has 0 N–H and O–H groups in total. The maximum absolute atomic E-state index is 13.1. The van der Waals surface area contributed by atoms with Gasteiger partial charge in [-0.05, 0) is 54.3 Å². The number of esters is 1. The van der Waals surface area contributed by atoms with E-state index in [9.17, 15) is 18.0 Å². The molecule has 4 nitrogen and oxygen atoms in total. The number of nitrogens with zero attached hydrogens (tertiary/aromatic N) is 2. The predicted octanol–water partition coefficient (Wildman–Crippen LogP) is 6.39. The summed E-state index contributed by atoms with van der Waals surface area (Å²) in [5.74, 6) is -0.0159. The van der Waals surface area contributed by atoms with Gasteiger partial charge in [-0.1, -0.05) is 44.2 Å². The first-order valence-electron chi connectivity index (χ1n) is 11.3. The van der Waals surface area contributed by atoms with Crippen molar-refractivity contribution in [1.82, 2.24) is 9.47 Å². The van der Waals surface area contributed by atoms with E-state index in [1.165, 1.54) is 19.2 Å². The van der Waals surface area contributed by atoms with E-state index in [1.54, 1.807) is 12.1 Å². The van der Waals surface area contributed by atoms with Gasteiger partial charge in [-0.25, -0.2) is 4.79 Å². The third-order valence-corrected chi connectivity index (χ3v) is 6.23. The molecule has 0 fully saturated rings. The zero-order valence-corrected chi connectivity index (χ0v) is 20.0. The van der Waals surface area contributed by atoms with E-state index >= 15 is 0 Å². The van der Waals surface area contributed by atoms with Crippen molar-refractivity contribution in [2.75, 3.05) is 7.11 Å². The summed E-state index contributed by atoms with van der Waals surface area (Å²) in [4.78, 5) is 14.5. The van der Waals surface area contributed by atoms with Crippen molar-refractivity contribution in [2.24, 2.45) is 5.92 Å². The summed E-state index contributed by atoms with van der Waals surface area (Å²) in [5.41, 5.74) is 2.34. The summed E-state index contributed by atoms with van der Waals surface area (Å²) >= 11 is 0. The predicted molar refractivity (Wildman–Crippen MR) is 126 cm³/mol. The first-order chi connectivity index (χ1) is 16.1. The van der Waals surface area contributed by atoms with Gasteiger partial charge in [0, 0.05) is 37.6 Å². The molecule has 0 bridgehead atoms. The SMILES string of the molecule is COC(=O)c1ccccc1CN(Cc1cccn1Cc1cccc(C(F)(F)F)c1)C(C)C(C)C. The summed E-state index contributed by atoms with van der Waals surface area (Å²) < 4.78 is 46.3. The topological polar surface area (TPSA) is 34.5 Å². The quantitative estimate of drug-likeness (QED) is 0.339. The average Bonchev–Trinajstić information content (AvgIpc) is 3.23. The number of alkyl halides is 3. The Kier molecular flexibility index (Phi) is 8.20. The van der Waals surface area contributed by atoms with Gasteiger partial charge in [0.1, 0.15) is 0 Å². The molecule has 0 saturated carbocycles. The maximum Gasteiger partial charge on any atom is 0.416 e. The molecule has 0 aliphatic rings. The number of aromatic nitrogens is 1. The van der Waals surface area contributed by atoms with Crippen molar-refractivity contribution < 1.29 is 22.7 Å². The maximum atomic E-state index is 13.1. The van der Waals surface area contributed by atoms with Gasteiger partial charge in [-0.3, -0.25) is 4.90 Å². The summed E-state index contributed by atoms with van der Waals surface area (Å²) in [6.45, 7) is 7.90. The van der Waals surface area contributed by atoms with E-state index in [4.69, 9.17) is 4.74 Å². The number of hydrogen-bond donors (Lipinski definition) is 0. The van der Waals surface area contributed by atoms with Crippen molar-refractivity contribution in [3.8, 4) is 0 Å². The van der Waals surface area contributed by atoms with Crippen LogP contribution in [0.25, 0.3) is 0 Å². The number of methoxy groups -OCH3 is 1. The van der Waals surface area contributed by atoms with Gasteiger partial charge in [0.05, 0.1) is 18.2 Å². The van der Waals surface area contributed by atoms with Crippen molar-refractivity contribution in [2.45, 2.75) is 52.6 Å². The molecule has 0 amide bonds. The molecule has 0 saturated heterocycles. The highest BCUT2D eigenvalue weighted by atomic mass is 19.4. The van der Waals surface area contributed by atoms with Crippen molar-refractivity contribution in [3.63, 3.8) is 0 Å². The summed E-state index contributed by atoms with van der Waals surface area (Å²) in [7, 11) is 1.37. The zero-order valence-electron chi connectivity index (χ0n) is 20.0. The molecule has 2 aromatic carbocycles. The summed E-state index contributed by atoms with van der Waals surface area (Å²) in [5, 5.41) is 0. The Bertz CT molecular complexity index is 1110. The van der Waals surface area contributed by atoms with Crippen LogP contribution in [0.4, 0.5) is 13.2 Å². The Morgan fingerprint density at radius 3 is 2.41 bits per heavy atom. The van der Waals surface area contributed by atoms with Crippen LogP contribution in [-0.2, 0) is 30.5 Å². The van der Waals surface area contributed by atoms with Crippen LogP contribution < -0.4 is 0 Å². The van der Waals surface area contributed by atoms with Crippen LogP contribution >= 0.6 is 0 Å². The Labute approximate surface area is 199 Å². The highest BCUT2D eigenvalue weighted by Crippen LogP contribution is 2.30. The molecule has 1 unspecified atom stereocenters. The lowest BCUT2D eigenvalue weighted by Gasteiger charge is -2.32. The van der Waals surface area contributed by atoms with E-state index < -0.39 is 11.7 Å². The molecule has 1 atom stereocenters. The molecule has 1 aromatic heterocycles. The Balaban J connectivity index is 1.86. The standard InChI is InChI=1S/C27H31F3N2O2/c1-19(2)20(3)32(17-22-10-5-6-13-25(22)26(33)34-4)18-24-12-8-14-31(24)16-21-9-7-11-23(15-21)27(28,29)30/h5-15,19-20H,16-18H2,1-4H3. The third-order valence-electron chi connectivity index (χ3n) is 6.23. The van der Waals surface area contributed by atoms with Crippen LogP contribution in [0.1, 0.15) is 53.5 Å². The summed E-state index contributed by atoms with van der Waals surface area (Å²) in [6, 6.07) is 16.9. The molecule has 34 heavy (non-hydrogen) atoms. The second-order valence-corrected chi connectivity index (χ2v) is 8.86. The van der Waals surface area contributed by atoms with E-state index in [1.807, 2.05) is 41.1 Å². The minimum absolute atomic E-state index is 0.197. The Morgan fingerprint density at radius 2 is 1.74 bits per heavy atom. The van der Waals surface area contributed by atoms with Gasteiger partial charge in [0.25, 0.3) is 0 Å². The van der Waals surface area contributed by atoms with Crippen molar-refractivity contribution in [1.29, 1.82) is 0 Å². The normalized spacial score (nSPS) is 12.9. The van der Waals surface area contributed by atoms with E-state index in [-0.39, 0.29) is 12.0 Å². The van der Waals surface area contributed by atoms with Gasteiger partial charge >= 0.3 is 12.1 Å². The molecule has 0 aliphatic carbocycles. The third kappa shape index (κ3) is 6.29. The fourth-order valence-corrected chi connectivity index (χ4v) is 3.95. The fraction of sp³-hybridized carbons (Fsp3) is 0.370. The first-order valence-corrected chi connectivity index (χ1v) is 11.3. The lowest BCUT2D eigenvalue weighted by Crippen LogP contribution is -2.36. The molecule has 3 aromatic rings. The fourth-order valence-electron chi connectivity index (χ4n) is 3.95. The minimum atomic E-state index is -4.37. The monoisotopic (exact) mass is 472 g/mol. The van der Waals surface area contributed by atoms with E-state index in [0.29, 0.717) is 36.7 Å². The lowest BCUT2D eigenvalue weighted by molar-refractivity contribution is -0.137. The van der Waals surface area contributed by atoms with E-state index in [0.717, 1.165) is 17.3 Å². The Morgan fingerprint density at radius 1 is 1.00 bits per heavy atom. The molecule has 0 spiro atoms. The van der Waals surface area contributed by atoms with Gasteiger partial charge in [-0.15, -0.1) is 0 Å². The summed E-state index contributed by atoms with van der Waals surface area (Å²) in [6.07, 6.45) is -2.48. The zero-order chi connectivity index (χ0) is 24.9. The van der Waals surface area contributed by atoms with Crippen molar-refractivity contribution in [3.05, 3.63) is 94.8 Å². The Hall–Kier alpha value is -3.06. The second kappa shape index (κ2) is 10.9. The largest absolute Gasteiger partial charge is 0.465 e. The van der Waals surface area contributed by atoms with Crippen LogP contribution in [-0.4, -0.2) is 28.6 Å².